The second-order valence-electron chi connectivity index (χ2n) is 5.53. The SMILES string of the molecule is CC(C)N1CC(C)(C)CNC(=O)C1CC#N. The molecule has 1 unspecified atom stereocenters. The lowest BCUT2D eigenvalue weighted by atomic mass is 9.92. The zero-order valence-electron chi connectivity index (χ0n) is 10.6. The summed E-state index contributed by atoms with van der Waals surface area (Å²) in [7, 11) is 0. The van der Waals surface area contributed by atoms with Gasteiger partial charge in [-0.2, -0.15) is 5.26 Å². The van der Waals surface area contributed by atoms with E-state index >= 15 is 0 Å². The van der Waals surface area contributed by atoms with Crippen LogP contribution in [0.15, 0.2) is 0 Å². The first-order valence-electron chi connectivity index (χ1n) is 5.78. The van der Waals surface area contributed by atoms with E-state index in [2.05, 4.69) is 44.0 Å². The number of amides is 1. The summed E-state index contributed by atoms with van der Waals surface area (Å²) in [5.74, 6) is -0.0131. The van der Waals surface area contributed by atoms with Crippen molar-refractivity contribution in [1.82, 2.24) is 10.2 Å². The number of nitrogens with one attached hydrogen (secondary N) is 1. The van der Waals surface area contributed by atoms with Crippen LogP contribution in [0.3, 0.4) is 0 Å². The van der Waals surface area contributed by atoms with E-state index in [1.807, 2.05) is 0 Å². The van der Waals surface area contributed by atoms with Gasteiger partial charge in [0.15, 0.2) is 0 Å². The molecule has 0 radical (unpaired) electrons. The fourth-order valence-corrected chi connectivity index (χ4v) is 2.09. The van der Waals surface area contributed by atoms with E-state index < -0.39 is 0 Å². The van der Waals surface area contributed by atoms with E-state index in [-0.39, 0.29) is 29.8 Å². The van der Waals surface area contributed by atoms with Crippen LogP contribution in [0, 0.1) is 16.7 Å². The van der Waals surface area contributed by atoms with E-state index in [4.69, 9.17) is 5.26 Å². The molecular formula is C12H21N3O. The molecule has 4 heteroatoms. The predicted octanol–water partition coefficient (Wildman–Crippen LogP) is 1.14. The number of hydrogen-bond acceptors (Lipinski definition) is 3. The number of carbonyl (C=O) groups is 1. The minimum Gasteiger partial charge on any atom is -0.354 e. The Balaban J connectivity index is 2.94. The molecule has 0 bridgehead atoms. The van der Waals surface area contributed by atoms with Gasteiger partial charge in [-0.15, -0.1) is 0 Å². The third-order valence-corrected chi connectivity index (χ3v) is 3.00. The average molecular weight is 223 g/mol. The fraction of sp³-hybridized carbons (Fsp3) is 0.833. The van der Waals surface area contributed by atoms with Gasteiger partial charge in [0.2, 0.25) is 5.91 Å². The maximum Gasteiger partial charge on any atom is 0.238 e. The molecule has 1 aliphatic heterocycles. The Hall–Kier alpha value is -1.08. The summed E-state index contributed by atoms with van der Waals surface area (Å²) in [6, 6.07) is 2.09. The van der Waals surface area contributed by atoms with Gasteiger partial charge in [-0.25, -0.2) is 0 Å². The first-order valence-corrected chi connectivity index (χ1v) is 5.78. The van der Waals surface area contributed by atoms with Gasteiger partial charge in [0.1, 0.15) is 6.04 Å². The van der Waals surface area contributed by atoms with Crippen LogP contribution in [0.5, 0.6) is 0 Å². The molecule has 1 heterocycles. The maximum atomic E-state index is 11.9. The summed E-state index contributed by atoms with van der Waals surface area (Å²) < 4.78 is 0. The minimum absolute atomic E-state index is 0.0131. The molecule has 1 fully saturated rings. The minimum atomic E-state index is -0.299. The van der Waals surface area contributed by atoms with Crippen LogP contribution in [-0.4, -0.2) is 36.0 Å². The second kappa shape index (κ2) is 4.84. The summed E-state index contributed by atoms with van der Waals surface area (Å²) in [5, 5.41) is 11.7. The van der Waals surface area contributed by atoms with Crippen molar-refractivity contribution in [2.24, 2.45) is 5.41 Å². The Labute approximate surface area is 97.6 Å². The Kier molecular flexibility index (Phi) is 3.93. The number of nitrogens with zero attached hydrogens (tertiary/aromatic N) is 2. The van der Waals surface area contributed by atoms with E-state index in [0.29, 0.717) is 6.54 Å². The van der Waals surface area contributed by atoms with Crippen LogP contribution in [0.2, 0.25) is 0 Å². The van der Waals surface area contributed by atoms with Crippen LogP contribution < -0.4 is 5.32 Å². The summed E-state index contributed by atoms with van der Waals surface area (Å²) in [6.45, 7) is 9.93. The van der Waals surface area contributed by atoms with Crippen LogP contribution >= 0.6 is 0 Å². The molecule has 1 N–H and O–H groups in total. The summed E-state index contributed by atoms with van der Waals surface area (Å²) in [4.78, 5) is 14.0. The quantitative estimate of drug-likeness (QED) is 0.763. The van der Waals surface area contributed by atoms with Gasteiger partial charge in [0, 0.05) is 19.1 Å². The Morgan fingerprint density at radius 3 is 2.75 bits per heavy atom. The number of rotatable bonds is 2. The standard InChI is InChI=1S/C12H21N3O/c1-9(2)15-8-12(3,4)7-14-11(16)10(15)5-6-13/h9-10H,5,7-8H2,1-4H3,(H,14,16). The molecule has 16 heavy (non-hydrogen) atoms. The van der Waals surface area contributed by atoms with Crippen molar-refractivity contribution in [2.75, 3.05) is 13.1 Å². The predicted molar refractivity (Wildman–Crippen MR) is 62.7 cm³/mol. The molecule has 0 aromatic heterocycles. The molecule has 90 valence electrons. The monoisotopic (exact) mass is 223 g/mol. The van der Waals surface area contributed by atoms with E-state index in [1.54, 1.807) is 0 Å². The van der Waals surface area contributed by atoms with Crippen LogP contribution in [0.25, 0.3) is 0 Å². The molecule has 0 saturated carbocycles. The Morgan fingerprint density at radius 2 is 2.25 bits per heavy atom. The zero-order valence-corrected chi connectivity index (χ0v) is 10.6. The van der Waals surface area contributed by atoms with Crippen LogP contribution in [0.4, 0.5) is 0 Å². The van der Waals surface area contributed by atoms with E-state index in [1.165, 1.54) is 0 Å². The van der Waals surface area contributed by atoms with Crippen molar-refractivity contribution in [3.8, 4) is 6.07 Å². The summed E-state index contributed by atoms with van der Waals surface area (Å²) >= 11 is 0. The molecule has 1 atom stereocenters. The lowest BCUT2D eigenvalue weighted by Gasteiger charge is -2.34. The fourth-order valence-electron chi connectivity index (χ4n) is 2.09. The normalized spacial score (nSPS) is 26.0. The topological polar surface area (TPSA) is 56.1 Å². The first-order chi connectivity index (χ1) is 7.37. The van der Waals surface area contributed by atoms with Gasteiger partial charge in [-0.3, -0.25) is 9.69 Å². The Morgan fingerprint density at radius 1 is 1.62 bits per heavy atom. The molecule has 1 aliphatic rings. The highest BCUT2D eigenvalue weighted by molar-refractivity contribution is 5.82. The molecule has 1 amide bonds. The van der Waals surface area contributed by atoms with Gasteiger partial charge in [0.25, 0.3) is 0 Å². The maximum absolute atomic E-state index is 11.9. The van der Waals surface area contributed by atoms with Crippen molar-refractivity contribution in [3.63, 3.8) is 0 Å². The molecule has 1 rings (SSSR count). The van der Waals surface area contributed by atoms with E-state index in [9.17, 15) is 4.79 Å². The molecule has 0 aromatic rings. The highest BCUT2D eigenvalue weighted by atomic mass is 16.2. The Bertz CT molecular complexity index is 304. The van der Waals surface area contributed by atoms with Crippen molar-refractivity contribution in [1.29, 1.82) is 5.26 Å². The zero-order chi connectivity index (χ0) is 12.3. The van der Waals surface area contributed by atoms with Gasteiger partial charge in [-0.1, -0.05) is 13.8 Å². The molecular weight excluding hydrogens is 202 g/mol. The molecule has 0 spiro atoms. The summed E-state index contributed by atoms with van der Waals surface area (Å²) in [6.07, 6.45) is 0.264. The molecule has 0 aliphatic carbocycles. The first kappa shape index (κ1) is 13.0. The lowest BCUT2D eigenvalue weighted by Crippen LogP contribution is -2.47. The largest absolute Gasteiger partial charge is 0.354 e. The average Bonchev–Trinajstić information content (AvgIpc) is 2.29. The second-order valence-corrected chi connectivity index (χ2v) is 5.53. The number of hydrogen-bond donors (Lipinski definition) is 1. The highest BCUT2D eigenvalue weighted by Gasteiger charge is 2.36. The van der Waals surface area contributed by atoms with Crippen molar-refractivity contribution >= 4 is 5.91 Å². The third-order valence-electron chi connectivity index (χ3n) is 3.00. The number of nitriles is 1. The van der Waals surface area contributed by atoms with Gasteiger partial charge >= 0.3 is 0 Å². The van der Waals surface area contributed by atoms with Crippen molar-refractivity contribution < 1.29 is 4.79 Å². The van der Waals surface area contributed by atoms with Gasteiger partial charge in [0.05, 0.1) is 12.5 Å². The third kappa shape index (κ3) is 2.96. The van der Waals surface area contributed by atoms with Gasteiger partial charge in [-0.05, 0) is 19.3 Å². The van der Waals surface area contributed by atoms with E-state index in [0.717, 1.165) is 6.54 Å². The van der Waals surface area contributed by atoms with Crippen LogP contribution in [0.1, 0.15) is 34.1 Å². The molecule has 1 saturated heterocycles. The van der Waals surface area contributed by atoms with Crippen LogP contribution in [-0.2, 0) is 4.79 Å². The highest BCUT2D eigenvalue weighted by Crippen LogP contribution is 2.23. The number of carbonyl (C=O) groups excluding carboxylic acids is 1. The molecule has 4 nitrogen and oxygen atoms in total. The van der Waals surface area contributed by atoms with Crippen molar-refractivity contribution in [2.45, 2.75) is 46.2 Å². The molecule has 0 aromatic carbocycles. The lowest BCUT2D eigenvalue weighted by molar-refractivity contribution is -0.125. The van der Waals surface area contributed by atoms with Gasteiger partial charge < -0.3 is 5.32 Å². The smallest absolute Gasteiger partial charge is 0.238 e. The van der Waals surface area contributed by atoms with Crippen molar-refractivity contribution in [3.05, 3.63) is 0 Å². The summed E-state index contributed by atoms with van der Waals surface area (Å²) in [5.41, 5.74) is 0.0597.